The summed E-state index contributed by atoms with van der Waals surface area (Å²) in [6, 6.07) is 13.9. The van der Waals surface area contributed by atoms with E-state index in [0.717, 1.165) is 45.9 Å². The third kappa shape index (κ3) is 6.90. The van der Waals surface area contributed by atoms with Crippen LogP contribution in [-0.4, -0.2) is 46.8 Å². The summed E-state index contributed by atoms with van der Waals surface area (Å²) in [5, 5.41) is 9.18. The first-order valence-electron chi connectivity index (χ1n) is 12.8. The number of nitrogens with zero attached hydrogens (tertiary/aromatic N) is 2. The first-order valence-corrected chi connectivity index (χ1v) is 12.8. The predicted molar refractivity (Wildman–Crippen MR) is 138 cm³/mol. The summed E-state index contributed by atoms with van der Waals surface area (Å²) >= 11 is 0. The summed E-state index contributed by atoms with van der Waals surface area (Å²) in [5.41, 5.74) is 4.94. The molecule has 2 heterocycles. The van der Waals surface area contributed by atoms with E-state index in [-0.39, 0.29) is 12.5 Å². The Labute approximate surface area is 217 Å². The molecule has 1 aromatic heterocycles. The normalized spacial score (nSPS) is 12.8. The van der Waals surface area contributed by atoms with Crippen molar-refractivity contribution in [3.8, 4) is 5.75 Å². The molecule has 4 rings (SSSR count). The van der Waals surface area contributed by atoms with Crippen LogP contribution in [-0.2, 0) is 41.8 Å². The van der Waals surface area contributed by atoms with Gasteiger partial charge in [-0.2, -0.15) is 0 Å². The van der Waals surface area contributed by atoms with Crippen LogP contribution in [0, 0.1) is 6.92 Å². The Bertz CT molecular complexity index is 1220. The first-order chi connectivity index (χ1) is 17.9. The molecule has 196 valence electrons. The topological polar surface area (TPSA) is 102 Å². The van der Waals surface area contributed by atoms with Gasteiger partial charge in [-0.3, -0.25) is 4.79 Å². The minimum atomic E-state index is -0.848. The lowest BCUT2D eigenvalue weighted by molar-refractivity contribution is -0.136. The zero-order valence-electron chi connectivity index (χ0n) is 21.5. The summed E-state index contributed by atoms with van der Waals surface area (Å²) in [5.74, 6) is 1.40. The Morgan fingerprint density at radius 1 is 1.08 bits per heavy atom. The van der Waals surface area contributed by atoms with Crippen molar-refractivity contribution in [1.29, 1.82) is 0 Å². The van der Waals surface area contributed by atoms with E-state index in [1.54, 1.807) is 4.90 Å². The number of hydrogen-bond acceptors (Lipinski definition) is 6. The van der Waals surface area contributed by atoms with Crippen LogP contribution in [0.1, 0.15) is 59.4 Å². The number of fused-ring (bicyclic) bond motifs is 1. The van der Waals surface area contributed by atoms with E-state index >= 15 is 0 Å². The molecular formula is C29H34N2O6. The van der Waals surface area contributed by atoms with E-state index in [4.69, 9.17) is 13.9 Å². The number of aliphatic carboxylic acids is 1. The molecule has 37 heavy (non-hydrogen) atoms. The van der Waals surface area contributed by atoms with Gasteiger partial charge in [0.2, 0.25) is 0 Å². The monoisotopic (exact) mass is 506 g/mol. The number of carbonyl (C=O) groups excluding carboxylic acids is 1. The Kier molecular flexibility index (Phi) is 8.82. The van der Waals surface area contributed by atoms with Gasteiger partial charge in [-0.05, 0) is 48.9 Å². The SMILES string of the molecule is CCCOC(=O)N1CCc2c(OCCc3nc(Cc4ccccc4)oc3C)ccc(CCC(=O)O)c2C1. The Hall–Kier alpha value is -3.81. The summed E-state index contributed by atoms with van der Waals surface area (Å²) in [6.07, 6.45) is 2.73. The van der Waals surface area contributed by atoms with Crippen molar-refractivity contribution in [3.05, 3.63) is 82.1 Å². The lowest BCUT2D eigenvalue weighted by Crippen LogP contribution is -2.37. The highest BCUT2D eigenvalue weighted by molar-refractivity contribution is 5.69. The number of benzene rings is 2. The third-order valence-corrected chi connectivity index (χ3v) is 6.49. The lowest BCUT2D eigenvalue weighted by Gasteiger charge is -2.31. The van der Waals surface area contributed by atoms with E-state index in [1.807, 2.05) is 44.2 Å². The molecule has 0 saturated carbocycles. The first kappa shape index (κ1) is 26.3. The fourth-order valence-electron chi connectivity index (χ4n) is 4.58. The van der Waals surface area contributed by atoms with Crippen molar-refractivity contribution in [2.24, 2.45) is 0 Å². The quantitative estimate of drug-likeness (QED) is 0.385. The number of rotatable bonds is 11. The largest absolute Gasteiger partial charge is 0.493 e. The number of carbonyl (C=O) groups is 2. The van der Waals surface area contributed by atoms with E-state index < -0.39 is 5.97 Å². The Morgan fingerprint density at radius 3 is 2.65 bits per heavy atom. The molecule has 0 unspecified atom stereocenters. The summed E-state index contributed by atoms with van der Waals surface area (Å²) in [7, 11) is 0. The number of carboxylic acids is 1. The van der Waals surface area contributed by atoms with Crippen molar-refractivity contribution in [2.75, 3.05) is 19.8 Å². The van der Waals surface area contributed by atoms with Gasteiger partial charge in [0.05, 0.1) is 18.9 Å². The number of hydrogen-bond donors (Lipinski definition) is 1. The molecule has 0 radical (unpaired) electrons. The van der Waals surface area contributed by atoms with Gasteiger partial charge in [0.25, 0.3) is 0 Å². The molecule has 0 spiro atoms. The average molecular weight is 507 g/mol. The lowest BCUT2D eigenvalue weighted by atomic mass is 9.92. The van der Waals surface area contributed by atoms with Gasteiger partial charge in [0, 0.05) is 37.9 Å². The molecule has 3 aromatic rings. The van der Waals surface area contributed by atoms with Crippen molar-refractivity contribution in [1.82, 2.24) is 9.88 Å². The van der Waals surface area contributed by atoms with Gasteiger partial charge >= 0.3 is 12.1 Å². The highest BCUT2D eigenvalue weighted by Crippen LogP contribution is 2.32. The molecule has 1 amide bonds. The maximum absolute atomic E-state index is 12.5. The zero-order chi connectivity index (χ0) is 26.2. The third-order valence-electron chi connectivity index (χ3n) is 6.49. The molecule has 0 fully saturated rings. The fraction of sp³-hybridized carbons (Fsp3) is 0.414. The minimum Gasteiger partial charge on any atom is -0.493 e. The molecule has 0 aliphatic carbocycles. The van der Waals surface area contributed by atoms with Crippen molar-refractivity contribution in [2.45, 2.75) is 58.9 Å². The van der Waals surface area contributed by atoms with Gasteiger partial charge in [-0.25, -0.2) is 9.78 Å². The number of amides is 1. The fourth-order valence-corrected chi connectivity index (χ4v) is 4.58. The van der Waals surface area contributed by atoms with Crippen LogP contribution in [0.15, 0.2) is 46.9 Å². The summed E-state index contributed by atoms with van der Waals surface area (Å²) in [6.45, 7) is 5.60. The molecule has 0 bridgehead atoms. The molecule has 2 aromatic carbocycles. The second-order valence-electron chi connectivity index (χ2n) is 9.23. The Morgan fingerprint density at radius 2 is 1.89 bits per heavy atom. The number of carboxylic acid groups (broad SMARTS) is 1. The Balaban J connectivity index is 1.44. The molecule has 1 aliphatic heterocycles. The maximum Gasteiger partial charge on any atom is 0.410 e. The number of aryl methyl sites for hydroxylation is 2. The number of aromatic nitrogens is 1. The smallest absolute Gasteiger partial charge is 0.410 e. The molecule has 0 atom stereocenters. The van der Waals surface area contributed by atoms with E-state index in [9.17, 15) is 14.7 Å². The van der Waals surface area contributed by atoms with Gasteiger partial charge in [-0.1, -0.05) is 43.3 Å². The summed E-state index contributed by atoms with van der Waals surface area (Å²) in [4.78, 5) is 30.0. The minimum absolute atomic E-state index is 0.0314. The second-order valence-corrected chi connectivity index (χ2v) is 9.23. The van der Waals surface area contributed by atoms with E-state index in [1.165, 1.54) is 0 Å². The molecular weight excluding hydrogens is 472 g/mol. The van der Waals surface area contributed by atoms with E-state index in [2.05, 4.69) is 17.1 Å². The van der Waals surface area contributed by atoms with Gasteiger partial charge in [0.15, 0.2) is 5.89 Å². The van der Waals surface area contributed by atoms with Gasteiger partial charge in [-0.15, -0.1) is 0 Å². The predicted octanol–water partition coefficient (Wildman–Crippen LogP) is 5.12. The molecule has 8 heteroatoms. The zero-order valence-corrected chi connectivity index (χ0v) is 21.5. The van der Waals surface area contributed by atoms with E-state index in [0.29, 0.717) is 57.9 Å². The van der Waals surface area contributed by atoms with Crippen LogP contribution in [0.4, 0.5) is 4.79 Å². The van der Waals surface area contributed by atoms with Crippen molar-refractivity contribution in [3.63, 3.8) is 0 Å². The molecule has 8 nitrogen and oxygen atoms in total. The van der Waals surface area contributed by atoms with Gasteiger partial charge in [0.1, 0.15) is 11.5 Å². The summed E-state index contributed by atoms with van der Waals surface area (Å²) < 4.78 is 17.4. The number of ether oxygens (including phenoxy) is 2. The van der Waals surface area contributed by atoms with Gasteiger partial charge < -0.3 is 23.9 Å². The number of oxazole rings is 1. The van der Waals surface area contributed by atoms with Crippen molar-refractivity contribution >= 4 is 12.1 Å². The highest BCUT2D eigenvalue weighted by atomic mass is 16.6. The standard InChI is InChI=1S/C29H34N2O6/c1-3-16-36-29(34)31-15-13-23-24(19-31)22(10-12-28(32)33)9-11-26(23)35-17-14-25-20(2)37-27(30-25)18-21-7-5-4-6-8-21/h4-9,11H,3,10,12-19H2,1-2H3,(H,32,33). The van der Waals surface area contributed by atoms with Crippen LogP contribution in [0.3, 0.4) is 0 Å². The van der Waals surface area contributed by atoms with Crippen LogP contribution < -0.4 is 4.74 Å². The molecule has 0 saturated heterocycles. The average Bonchev–Trinajstić information content (AvgIpc) is 3.25. The van der Waals surface area contributed by atoms with Crippen LogP contribution in [0.25, 0.3) is 0 Å². The van der Waals surface area contributed by atoms with Crippen LogP contribution in [0.2, 0.25) is 0 Å². The van der Waals surface area contributed by atoms with Crippen LogP contribution >= 0.6 is 0 Å². The molecule has 1 aliphatic rings. The maximum atomic E-state index is 12.5. The van der Waals surface area contributed by atoms with Crippen molar-refractivity contribution < 1.29 is 28.6 Å². The molecule has 1 N–H and O–H groups in total. The van der Waals surface area contributed by atoms with Crippen LogP contribution in [0.5, 0.6) is 5.75 Å². The second kappa shape index (κ2) is 12.4. The highest BCUT2D eigenvalue weighted by Gasteiger charge is 2.26.